The maximum atomic E-state index is 16.6. The van der Waals surface area contributed by atoms with Gasteiger partial charge in [0, 0.05) is 44.4 Å². The predicted octanol–water partition coefficient (Wildman–Crippen LogP) is 4.34. The number of hydrogen-bond donors (Lipinski definition) is 2. The number of phenolic OH excluding ortho intramolecular Hbond substituents is 1. The summed E-state index contributed by atoms with van der Waals surface area (Å²) in [5.74, 6) is -0.203. The number of nitrogens with zero attached hydrogens (tertiary/aromatic N) is 5. The highest BCUT2D eigenvalue weighted by atomic mass is 19.1. The van der Waals surface area contributed by atoms with Crippen molar-refractivity contribution in [1.29, 1.82) is 0 Å². The number of benzene rings is 1. The normalized spacial score (nSPS) is 23.5. The quantitative estimate of drug-likeness (QED) is 0.454. The third kappa shape index (κ3) is 5.61. The van der Waals surface area contributed by atoms with Gasteiger partial charge in [0.05, 0.1) is 24.1 Å². The van der Waals surface area contributed by atoms with E-state index in [4.69, 9.17) is 14.5 Å². The number of anilines is 1. The molecule has 7 rings (SSSR count). The zero-order valence-corrected chi connectivity index (χ0v) is 24.1. The maximum Gasteiger partial charge on any atom is 0.319 e. The van der Waals surface area contributed by atoms with Crippen molar-refractivity contribution in [3.05, 3.63) is 35.3 Å². The minimum Gasteiger partial charge on any atom is -0.508 e. The fraction of sp³-hybridized carbons (Fsp3) is 0.581. The molecule has 0 saturated carbocycles. The van der Waals surface area contributed by atoms with Gasteiger partial charge in [0.15, 0.2) is 5.82 Å². The zero-order chi connectivity index (χ0) is 29.3. The summed E-state index contributed by atoms with van der Waals surface area (Å²) in [6, 6.07) is 3.24. The van der Waals surface area contributed by atoms with Crippen LogP contribution in [0.5, 0.6) is 11.8 Å². The van der Waals surface area contributed by atoms with Crippen molar-refractivity contribution < 1.29 is 28.5 Å². The molecule has 6 heterocycles. The largest absolute Gasteiger partial charge is 0.508 e. The second kappa shape index (κ2) is 12.2. The standard InChI is InChI=1S/C31H39F2N5O4/c1-20-14-22(40)15-24-23(20)6-3-2-4-12-41-13-10-37(9-11-39)29-25-17-34-27(24)26(33)28(25)35-30(36-29)42-19-31-7-5-8-38(31)18-21(32)16-31/h14-15,17,21,39-40H,2-13,16,18-19H2,1H3/t21-,31+/m1/s1. The first-order valence-corrected chi connectivity index (χ1v) is 15.0. The van der Waals surface area contributed by atoms with E-state index in [1.54, 1.807) is 18.3 Å². The van der Waals surface area contributed by atoms with E-state index < -0.39 is 17.5 Å². The molecule has 4 bridgehead atoms. The van der Waals surface area contributed by atoms with Gasteiger partial charge in [0.25, 0.3) is 0 Å². The first-order valence-electron chi connectivity index (χ1n) is 15.0. The van der Waals surface area contributed by atoms with Crippen molar-refractivity contribution in [2.24, 2.45) is 0 Å². The third-order valence-corrected chi connectivity index (χ3v) is 8.98. The Labute approximate surface area is 244 Å². The molecular formula is C31H39F2N5O4. The van der Waals surface area contributed by atoms with E-state index in [2.05, 4.69) is 14.9 Å². The van der Waals surface area contributed by atoms with Gasteiger partial charge in [0.2, 0.25) is 0 Å². The average molecular weight is 584 g/mol. The van der Waals surface area contributed by atoms with Gasteiger partial charge in [-0.25, -0.2) is 8.78 Å². The van der Waals surface area contributed by atoms with Gasteiger partial charge in [-0.05, 0) is 68.8 Å². The van der Waals surface area contributed by atoms with Gasteiger partial charge in [0.1, 0.15) is 35.6 Å². The summed E-state index contributed by atoms with van der Waals surface area (Å²) in [5, 5.41) is 20.7. The lowest BCUT2D eigenvalue weighted by molar-refractivity contribution is 0.107. The summed E-state index contributed by atoms with van der Waals surface area (Å²) in [6.45, 7) is 4.89. The van der Waals surface area contributed by atoms with Gasteiger partial charge in [-0.1, -0.05) is 6.42 Å². The molecule has 0 radical (unpaired) electrons. The number of aliphatic hydroxyl groups excluding tert-OH is 1. The number of aromatic hydroxyl groups is 1. The Bertz CT molecular complexity index is 1440. The molecule has 226 valence electrons. The van der Waals surface area contributed by atoms with Crippen LogP contribution in [0, 0.1) is 12.7 Å². The highest BCUT2D eigenvalue weighted by Crippen LogP contribution is 2.41. The second-order valence-corrected chi connectivity index (χ2v) is 11.8. The highest BCUT2D eigenvalue weighted by Gasteiger charge is 2.49. The predicted molar refractivity (Wildman–Crippen MR) is 155 cm³/mol. The van der Waals surface area contributed by atoms with Crippen LogP contribution in [-0.2, 0) is 11.2 Å². The first-order chi connectivity index (χ1) is 20.4. The number of aliphatic hydroxyl groups is 1. The molecule has 4 aliphatic heterocycles. The van der Waals surface area contributed by atoms with Crippen molar-refractivity contribution in [2.45, 2.75) is 63.6 Å². The Balaban J connectivity index is 1.47. The number of hydrogen-bond acceptors (Lipinski definition) is 9. The molecule has 4 aliphatic rings. The highest BCUT2D eigenvalue weighted by molar-refractivity contribution is 5.92. The fourth-order valence-corrected chi connectivity index (χ4v) is 6.91. The molecule has 11 heteroatoms. The van der Waals surface area contributed by atoms with Gasteiger partial charge in [-0.3, -0.25) is 9.88 Å². The molecular weight excluding hydrogens is 544 g/mol. The van der Waals surface area contributed by atoms with E-state index in [1.165, 1.54) is 0 Å². The Morgan fingerprint density at radius 3 is 2.88 bits per heavy atom. The van der Waals surface area contributed by atoms with E-state index in [0.29, 0.717) is 55.9 Å². The van der Waals surface area contributed by atoms with E-state index in [0.717, 1.165) is 49.8 Å². The van der Waals surface area contributed by atoms with E-state index in [9.17, 15) is 14.6 Å². The number of halogens is 2. The second-order valence-electron chi connectivity index (χ2n) is 11.8. The molecule has 2 N–H and O–H groups in total. The van der Waals surface area contributed by atoms with Gasteiger partial charge in [-0.2, -0.15) is 9.97 Å². The third-order valence-electron chi connectivity index (χ3n) is 8.98. The zero-order valence-electron chi connectivity index (χ0n) is 24.1. The summed E-state index contributed by atoms with van der Waals surface area (Å²) >= 11 is 0. The Morgan fingerprint density at radius 1 is 1.14 bits per heavy atom. The van der Waals surface area contributed by atoms with Crippen molar-refractivity contribution in [3.8, 4) is 23.0 Å². The number of pyridine rings is 1. The lowest BCUT2D eigenvalue weighted by Crippen LogP contribution is -2.43. The monoisotopic (exact) mass is 583 g/mol. The van der Waals surface area contributed by atoms with Crippen LogP contribution in [0.3, 0.4) is 0 Å². The van der Waals surface area contributed by atoms with Gasteiger partial charge in [-0.15, -0.1) is 0 Å². The van der Waals surface area contributed by atoms with Crippen molar-refractivity contribution >= 4 is 16.7 Å². The summed E-state index contributed by atoms with van der Waals surface area (Å²) in [7, 11) is 0. The van der Waals surface area contributed by atoms with Crippen LogP contribution in [-0.4, -0.2) is 94.4 Å². The molecule has 0 aliphatic carbocycles. The number of ether oxygens (including phenoxy) is 2. The molecule has 2 saturated heterocycles. The van der Waals surface area contributed by atoms with Gasteiger partial charge < -0.3 is 24.6 Å². The van der Waals surface area contributed by atoms with Crippen molar-refractivity contribution in [3.63, 3.8) is 0 Å². The summed E-state index contributed by atoms with van der Waals surface area (Å²) in [4.78, 5) is 17.8. The number of alkyl halides is 1. The van der Waals surface area contributed by atoms with Crippen LogP contribution >= 0.6 is 0 Å². The van der Waals surface area contributed by atoms with Crippen LogP contribution in [0.15, 0.2) is 18.3 Å². The van der Waals surface area contributed by atoms with E-state index >= 15 is 4.39 Å². The molecule has 2 aromatic heterocycles. The molecule has 0 unspecified atom stereocenters. The topological polar surface area (TPSA) is 104 Å². The Kier molecular flexibility index (Phi) is 8.42. The summed E-state index contributed by atoms with van der Waals surface area (Å²) in [6.07, 6.45) is 6.27. The van der Waals surface area contributed by atoms with Crippen molar-refractivity contribution in [1.82, 2.24) is 19.9 Å². The van der Waals surface area contributed by atoms with Crippen molar-refractivity contribution in [2.75, 3.05) is 57.5 Å². The van der Waals surface area contributed by atoms with Crippen LogP contribution < -0.4 is 9.64 Å². The first kappa shape index (κ1) is 28.9. The number of fused-ring (bicyclic) bond motifs is 10. The fourth-order valence-electron chi connectivity index (χ4n) is 6.91. The smallest absolute Gasteiger partial charge is 0.319 e. The lowest BCUT2D eigenvalue weighted by atomic mass is 9.93. The molecule has 9 nitrogen and oxygen atoms in total. The SMILES string of the molecule is Cc1cc(O)cc2c1CCCCCOCCN(CCO)c1nc(OC[C@@]34CCCN3C[C@H](F)C4)nc3c(F)c-2ncc13. The molecule has 0 amide bonds. The number of phenols is 1. The molecule has 1 aromatic carbocycles. The maximum absolute atomic E-state index is 16.6. The van der Waals surface area contributed by atoms with Crippen LogP contribution in [0.4, 0.5) is 14.6 Å². The van der Waals surface area contributed by atoms with Crippen LogP contribution in [0.2, 0.25) is 0 Å². The van der Waals surface area contributed by atoms with E-state index in [1.807, 2.05) is 11.8 Å². The van der Waals surface area contributed by atoms with E-state index in [-0.39, 0.29) is 42.7 Å². The molecule has 3 aromatic rings. The van der Waals surface area contributed by atoms with Crippen LogP contribution in [0.25, 0.3) is 22.2 Å². The Hall–Kier alpha value is -3.15. The molecule has 2 fully saturated rings. The number of rotatable bonds is 5. The molecule has 0 spiro atoms. The minimum absolute atomic E-state index is 0.00521. The Morgan fingerprint density at radius 2 is 2.02 bits per heavy atom. The van der Waals surface area contributed by atoms with Crippen LogP contribution in [0.1, 0.15) is 49.7 Å². The molecule has 42 heavy (non-hydrogen) atoms. The average Bonchev–Trinajstić information content (AvgIpc) is 3.48. The number of aryl methyl sites for hydroxylation is 1. The minimum atomic E-state index is -0.903. The molecule has 2 atom stereocenters. The summed E-state index contributed by atoms with van der Waals surface area (Å²) < 4.78 is 43.0. The summed E-state index contributed by atoms with van der Waals surface area (Å²) in [5.41, 5.74) is 2.06. The number of aromatic nitrogens is 3. The lowest BCUT2D eigenvalue weighted by Gasteiger charge is -2.31. The van der Waals surface area contributed by atoms with Gasteiger partial charge >= 0.3 is 6.01 Å².